The number of ether oxygens (including phenoxy) is 3. The summed E-state index contributed by atoms with van der Waals surface area (Å²) in [5.41, 5.74) is 1.19. The fraction of sp³-hybridized carbons (Fsp3) is 0.308. The van der Waals surface area contributed by atoms with Gasteiger partial charge in [0.2, 0.25) is 0 Å². The maximum absolute atomic E-state index is 13.0. The van der Waals surface area contributed by atoms with Crippen molar-refractivity contribution in [3.8, 4) is 11.5 Å². The molecule has 1 heterocycles. The lowest BCUT2D eigenvalue weighted by Gasteiger charge is -2.25. The van der Waals surface area contributed by atoms with E-state index in [0.717, 1.165) is 0 Å². The largest absolute Gasteiger partial charge is 0.507 e. The Bertz CT molecular complexity index is 1010. The van der Waals surface area contributed by atoms with E-state index < -0.39 is 17.7 Å². The lowest BCUT2D eigenvalue weighted by molar-refractivity contribution is -0.140. The first kappa shape index (κ1) is 24.1. The van der Waals surface area contributed by atoms with Crippen LogP contribution >= 0.6 is 0 Å². The van der Waals surface area contributed by atoms with E-state index in [1.165, 1.54) is 4.90 Å². The number of hydrogen-bond donors (Lipinski definition) is 1. The van der Waals surface area contributed by atoms with Crippen molar-refractivity contribution in [1.82, 2.24) is 4.90 Å². The highest BCUT2D eigenvalue weighted by molar-refractivity contribution is 6.46. The van der Waals surface area contributed by atoms with E-state index in [-0.39, 0.29) is 11.3 Å². The van der Waals surface area contributed by atoms with Gasteiger partial charge in [-0.15, -0.1) is 0 Å². The summed E-state index contributed by atoms with van der Waals surface area (Å²) in [6.07, 6.45) is 2.20. The smallest absolute Gasteiger partial charge is 0.295 e. The first-order valence-electron chi connectivity index (χ1n) is 10.9. The standard InChI is InChI=1S/C26H29NO6/c1-4-16-33-21-13-9-19(10-14-21)24(28)22-23(18-7-11-20(12-8-18)32-5-2)27(15-6-17-31-3)26(30)25(22)29/h4,7-14,23,28H,1,5-6,15-17H2,2-3H3. The highest BCUT2D eigenvalue weighted by atomic mass is 16.5. The van der Waals surface area contributed by atoms with Gasteiger partial charge in [0.15, 0.2) is 0 Å². The molecule has 1 fully saturated rings. The number of ketones is 1. The van der Waals surface area contributed by atoms with Crippen LogP contribution in [0.15, 0.2) is 66.8 Å². The molecule has 1 N–H and O–H groups in total. The maximum atomic E-state index is 13.0. The lowest BCUT2D eigenvalue weighted by Crippen LogP contribution is -2.31. The van der Waals surface area contributed by atoms with Gasteiger partial charge in [0.05, 0.1) is 18.2 Å². The molecule has 0 bridgehead atoms. The Morgan fingerprint density at radius 3 is 2.30 bits per heavy atom. The molecular formula is C26H29NO6. The average Bonchev–Trinajstić information content (AvgIpc) is 3.08. The third-order valence-corrected chi connectivity index (χ3v) is 5.29. The zero-order chi connectivity index (χ0) is 23.8. The minimum absolute atomic E-state index is 0.0568. The molecular weight excluding hydrogens is 422 g/mol. The molecule has 33 heavy (non-hydrogen) atoms. The summed E-state index contributed by atoms with van der Waals surface area (Å²) in [6, 6.07) is 13.2. The van der Waals surface area contributed by atoms with Crippen LogP contribution in [0.1, 0.15) is 30.5 Å². The predicted octanol–water partition coefficient (Wildman–Crippen LogP) is 4.11. The van der Waals surface area contributed by atoms with Gasteiger partial charge in [0, 0.05) is 25.8 Å². The Hall–Kier alpha value is -3.58. The summed E-state index contributed by atoms with van der Waals surface area (Å²) in [5.74, 6) is -0.285. The second kappa shape index (κ2) is 11.3. The van der Waals surface area contributed by atoms with E-state index in [1.807, 2.05) is 19.1 Å². The van der Waals surface area contributed by atoms with Crippen molar-refractivity contribution >= 4 is 17.4 Å². The Morgan fingerprint density at radius 1 is 1.06 bits per heavy atom. The van der Waals surface area contributed by atoms with Gasteiger partial charge >= 0.3 is 0 Å². The number of nitrogens with zero attached hydrogens (tertiary/aromatic N) is 1. The Kier molecular flexibility index (Phi) is 8.27. The SMILES string of the molecule is C=CCOc1ccc(C(O)=C2C(=O)C(=O)N(CCCOC)C2c2ccc(OCC)cc2)cc1. The van der Waals surface area contributed by atoms with E-state index in [0.29, 0.717) is 55.4 Å². The van der Waals surface area contributed by atoms with Crippen molar-refractivity contribution in [2.75, 3.05) is 33.5 Å². The van der Waals surface area contributed by atoms with Gasteiger partial charge in [-0.05, 0) is 55.3 Å². The second-order valence-corrected chi connectivity index (χ2v) is 7.46. The fourth-order valence-electron chi connectivity index (χ4n) is 3.77. The molecule has 0 spiro atoms. The van der Waals surface area contributed by atoms with Crippen LogP contribution in [0.25, 0.3) is 5.76 Å². The van der Waals surface area contributed by atoms with Gasteiger partial charge in [0.1, 0.15) is 23.9 Å². The number of carbonyl (C=O) groups excluding carboxylic acids is 2. The number of amides is 1. The van der Waals surface area contributed by atoms with Crippen LogP contribution in [0.3, 0.4) is 0 Å². The Balaban J connectivity index is 2.02. The quantitative estimate of drug-likeness (QED) is 0.182. The summed E-state index contributed by atoms with van der Waals surface area (Å²) in [6.45, 7) is 7.17. The molecule has 0 radical (unpaired) electrons. The van der Waals surface area contributed by atoms with Crippen LogP contribution in [0.4, 0.5) is 0 Å². The van der Waals surface area contributed by atoms with E-state index in [1.54, 1.807) is 49.6 Å². The molecule has 2 aromatic carbocycles. The van der Waals surface area contributed by atoms with Gasteiger partial charge in [-0.25, -0.2) is 0 Å². The van der Waals surface area contributed by atoms with Crippen molar-refractivity contribution in [3.05, 3.63) is 77.9 Å². The number of rotatable bonds is 11. The number of aliphatic hydroxyl groups excluding tert-OH is 1. The number of methoxy groups -OCH3 is 1. The van der Waals surface area contributed by atoms with Gasteiger partial charge in [-0.3, -0.25) is 9.59 Å². The number of hydrogen-bond acceptors (Lipinski definition) is 6. The van der Waals surface area contributed by atoms with E-state index >= 15 is 0 Å². The minimum atomic E-state index is -0.714. The third kappa shape index (κ3) is 5.43. The summed E-state index contributed by atoms with van der Waals surface area (Å²) < 4.78 is 16.1. The first-order valence-corrected chi connectivity index (χ1v) is 10.9. The van der Waals surface area contributed by atoms with Gasteiger partial charge < -0.3 is 24.2 Å². The molecule has 1 atom stereocenters. The summed E-state index contributed by atoms with van der Waals surface area (Å²) in [7, 11) is 1.58. The Labute approximate surface area is 193 Å². The number of benzene rings is 2. The third-order valence-electron chi connectivity index (χ3n) is 5.29. The van der Waals surface area contributed by atoms with Crippen molar-refractivity contribution in [2.45, 2.75) is 19.4 Å². The van der Waals surface area contributed by atoms with Crippen LogP contribution in [0.5, 0.6) is 11.5 Å². The Morgan fingerprint density at radius 2 is 1.70 bits per heavy atom. The monoisotopic (exact) mass is 451 g/mol. The molecule has 1 aliphatic heterocycles. The molecule has 0 aromatic heterocycles. The highest BCUT2D eigenvalue weighted by Gasteiger charge is 2.45. The molecule has 2 aromatic rings. The number of carbonyl (C=O) groups is 2. The molecule has 174 valence electrons. The molecule has 1 unspecified atom stereocenters. The summed E-state index contributed by atoms with van der Waals surface area (Å²) in [5, 5.41) is 11.1. The van der Waals surface area contributed by atoms with Crippen molar-refractivity contribution < 1.29 is 28.9 Å². The molecule has 1 amide bonds. The van der Waals surface area contributed by atoms with Crippen LogP contribution < -0.4 is 9.47 Å². The zero-order valence-electron chi connectivity index (χ0n) is 19.0. The molecule has 7 heteroatoms. The zero-order valence-corrected chi connectivity index (χ0v) is 19.0. The first-order chi connectivity index (χ1) is 16.0. The van der Waals surface area contributed by atoms with Crippen LogP contribution in [-0.2, 0) is 14.3 Å². The molecule has 0 aliphatic carbocycles. The normalized spacial score (nSPS) is 17.3. The number of likely N-dealkylation sites (tertiary alicyclic amines) is 1. The average molecular weight is 452 g/mol. The summed E-state index contributed by atoms with van der Waals surface area (Å²) in [4.78, 5) is 27.4. The fourth-order valence-corrected chi connectivity index (χ4v) is 3.77. The van der Waals surface area contributed by atoms with Crippen molar-refractivity contribution in [1.29, 1.82) is 0 Å². The van der Waals surface area contributed by atoms with Gasteiger partial charge in [-0.1, -0.05) is 24.8 Å². The van der Waals surface area contributed by atoms with Gasteiger partial charge in [-0.2, -0.15) is 0 Å². The van der Waals surface area contributed by atoms with Crippen LogP contribution in [0.2, 0.25) is 0 Å². The van der Waals surface area contributed by atoms with E-state index in [9.17, 15) is 14.7 Å². The molecule has 1 aliphatic rings. The number of aliphatic hydroxyl groups is 1. The van der Waals surface area contributed by atoms with Crippen LogP contribution in [0, 0.1) is 0 Å². The van der Waals surface area contributed by atoms with Gasteiger partial charge in [0.25, 0.3) is 11.7 Å². The predicted molar refractivity (Wildman–Crippen MR) is 125 cm³/mol. The minimum Gasteiger partial charge on any atom is -0.507 e. The number of Topliss-reactive ketones (excluding diaryl/α,β-unsaturated/α-hetero) is 1. The second-order valence-electron chi connectivity index (χ2n) is 7.46. The highest BCUT2D eigenvalue weighted by Crippen LogP contribution is 2.40. The lowest BCUT2D eigenvalue weighted by atomic mass is 9.95. The van der Waals surface area contributed by atoms with Crippen molar-refractivity contribution in [3.63, 3.8) is 0 Å². The van der Waals surface area contributed by atoms with Crippen molar-refractivity contribution in [2.24, 2.45) is 0 Å². The topological polar surface area (TPSA) is 85.3 Å². The van der Waals surface area contributed by atoms with E-state index in [2.05, 4.69) is 6.58 Å². The molecule has 1 saturated heterocycles. The molecule has 3 rings (SSSR count). The molecule has 0 saturated carbocycles. The molecule has 7 nitrogen and oxygen atoms in total. The van der Waals surface area contributed by atoms with Crippen LogP contribution in [-0.4, -0.2) is 55.2 Å². The van der Waals surface area contributed by atoms with E-state index in [4.69, 9.17) is 14.2 Å². The maximum Gasteiger partial charge on any atom is 0.295 e. The summed E-state index contributed by atoms with van der Waals surface area (Å²) >= 11 is 0.